The van der Waals surface area contributed by atoms with Gasteiger partial charge >= 0.3 is 0 Å². The quantitative estimate of drug-likeness (QED) is 0.628. The van der Waals surface area contributed by atoms with Crippen LogP contribution in [-0.2, 0) is 25.9 Å². The van der Waals surface area contributed by atoms with Crippen LogP contribution in [0, 0.1) is 17.8 Å². The SMILES string of the molecule is COCc1cc(C2CCC3(CC2)OO[C@@](C)(C2CC4CCCC(C4)C2)O3)ccc1O. The van der Waals surface area contributed by atoms with Crippen molar-refractivity contribution in [2.45, 2.75) is 95.2 Å². The third kappa shape index (κ3) is 3.90. The lowest BCUT2D eigenvalue weighted by Gasteiger charge is -2.44. The molecule has 1 heterocycles. The van der Waals surface area contributed by atoms with Crippen LogP contribution in [0.3, 0.4) is 0 Å². The molecule has 5 heteroatoms. The summed E-state index contributed by atoms with van der Waals surface area (Å²) in [7, 11) is 1.65. The number of phenols is 1. The number of phenolic OH excluding ortho intramolecular Hbond substituents is 1. The molecule has 0 radical (unpaired) electrons. The molecule has 0 amide bonds. The fourth-order valence-electron chi connectivity index (χ4n) is 6.58. The summed E-state index contributed by atoms with van der Waals surface area (Å²) in [5.74, 6) is 1.67. The van der Waals surface area contributed by atoms with E-state index in [-0.39, 0.29) is 0 Å². The molecule has 1 aromatic carbocycles. The van der Waals surface area contributed by atoms with Gasteiger partial charge in [0.25, 0.3) is 0 Å². The molecule has 3 saturated carbocycles. The van der Waals surface area contributed by atoms with Crippen molar-refractivity contribution in [2.75, 3.05) is 7.11 Å². The number of aromatic hydroxyl groups is 1. The Hall–Kier alpha value is -1.14. The summed E-state index contributed by atoms with van der Waals surface area (Å²) in [5, 5.41) is 10.0. The first-order valence-corrected chi connectivity index (χ1v) is 11.9. The van der Waals surface area contributed by atoms with Crippen molar-refractivity contribution in [3.05, 3.63) is 29.3 Å². The smallest absolute Gasteiger partial charge is 0.204 e. The lowest BCUT2D eigenvalue weighted by molar-refractivity contribution is -0.361. The normalized spacial score (nSPS) is 41.3. The maximum atomic E-state index is 10.0. The third-order valence-electron chi connectivity index (χ3n) is 8.24. The number of hydrogen-bond acceptors (Lipinski definition) is 5. The van der Waals surface area contributed by atoms with Crippen molar-refractivity contribution in [3.63, 3.8) is 0 Å². The molecule has 4 aliphatic rings. The molecule has 166 valence electrons. The van der Waals surface area contributed by atoms with Crippen molar-refractivity contribution in [3.8, 4) is 5.75 Å². The Morgan fingerprint density at radius 3 is 2.47 bits per heavy atom. The Bertz CT molecular complexity index is 744. The summed E-state index contributed by atoms with van der Waals surface area (Å²) < 4.78 is 11.9. The maximum absolute atomic E-state index is 10.0. The molecule has 0 aromatic heterocycles. The monoisotopic (exact) mass is 416 g/mol. The van der Waals surface area contributed by atoms with Gasteiger partial charge in [-0.2, -0.15) is 9.78 Å². The Labute approximate surface area is 180 Å². The van der Waals surface area contributed by atoms with Crippen molar-refractivity contribution >= 4 is 0 Å². The lowest BCUT2D eigenvalue weighted by Crippen LogP contribution is -2.45. The summed E-state index contributed by atoms with van der Waals surface area (Å²) in [6, 6.07) is 5.91. The van der Waals surface area contributed by atoms with Crippen LogP contribution in [-0.4, -0.2) is 23.8 Å². The van der Waals surface area contributed by atoms with Crippen LogP contribution < -0.4 is 0 Å². The van der Waals surface area contributed by atoms with Crippen LogP contribution in [0.25, 0.3) is 0 Å². The second-order valence-electron chi connectivity index (χ2n) is 10.4. The van der Waals surface area contributed by atoms with Crippen molar-refractivity contribution in [2.24, 2.45) is 17.8 Å². The Morgan fingerprint density at radius 1 is 1.03 bits per heavy atom. The van der Waals surface area contributed by atoms with Gasteiger partial charge in [0.15, 0.2) is 0 Å². The molecule has 3 atom stereocenters. The third-order valence-corrected chi connectivity index (χ3v) is 8.24. The van der Waals surface area contributed by atoms with E-state index in [9.17, 15) is 5.11 Å². The van der Waals surface area contributed by atoms with E-state index in [0.29, 0.717) is 24.2 Å². The molecule has 3 aliphatic carbocycles. The highest BCUT2D eigenvalue weighted by molar-refractivity contribution is 5.37. The van der Waals surface area contributed by atoms with Gasteiger partial charge in [0.2, 0.25) is 11.6 Å². The van der Waals surface area contributed by atoms with Crippen LogP contribution >= 0.6 is 0 Å². The Kier molecular flexibility index (Phi) is 5.59. The van der Waals surface area contributed by atoms with Gasteiger partial charge in [0, 0.05) is 31.4 Å². The number of hydrogen-bond donors (Lipinski definition) is 1. The predicted molar refractivity (Wildman–Crippen MR) is 113 cm³/mol. The summed E-state index contributed by atoms with van der Waals surface area (Å²) in [6.07, 6.45) is 11.6. The largest absolute Gasteiger partial charge is 0.508 e. The lowest BCUT2D eigenvalue weighted by atomic mass is 9.66. The highest BCUT2D eigenvalue weighted by Gasteiger charge is 2.56. The molecule has 5 nitrogen and oxygen atoms in total. The summed E-state index contributed by atoms with van der Waals surface area (Å²) in [5.41, 5.74) is 2.11. The molecular formula is C25H36O5. The molecule has 30 heavy (non-hydrogen) atoms. The van der Waals surface area contributed by atoms with Gasteiger partial charge in [-0.15, -0.1) is 0 Å². The second kappa shape index (κ2) is 8.09. The van der Waals surface area contributed by atoms with Crippen LogP contribution in [0.2, 0.25) is 0 Å². The number of ether oxygens (including phenoxy) is 2. The van der Waals surface area contributed by atoms with Crippen LogP contribution in [0.4, 0.5) is 0 Å². The zero-order valence-electron chi connectivity index (χ0n) is 18.4. The number of rotatable bonds is 4. The van der Waals surface area contributed by atoms with E-state index in [1.54, 1.807) is 13.2 Å². The fraction of sp³-hybridized carbons (Fsp3) is 0.760. The zero-order valence-corrected chi connectivity index (χ0v) is 18.4. The van der Waals surface area contributed by atoms with E-state index in [4.69, 9.17) is 19.2 Å². The average molecular weight is 417 g/mol. The molecule has 1 N–H and O–H groups in total. The van der Waals surface area contributed by atoms with Gasteiger partial charge in [0.05, 0.1) is 6.61 Å². The fourth-order valence-corrected chi connectivity index (χ4v) is 6.58. The van der Waals surface area contributed by atoms with Crippen LogP contribution in [0.15, 0.2) is 18.2 Å². The molecular weight excluding hydrogens is 380 g/mol. The summed E-state index contributed by atoms with van der Waals surface area (Å²) in [6.45, 7) is 2.54. The first-order chi connectivity index (χ1) is 14.5. The minimum Gasteiger partial charge on any atom is -0.508 e. The van der Waals surface area contributed by atoms with Crippen LogP contribution in [0.1, 0.15) is 88.2 Å². The highest BCUT2D eigenvalue weighted by Crippen LogP contribution is 2.53. The number of benzene rings is 1. The standard InChI is InChI=1S/C25H36O5/c1-24(22-13-17-4-3-5-18(12-17)14-22)28-25(30-29-24)10-8-19(9-11-25)20-6-7-23(26)21(15-20)16-27-2/h6-7,15,17-19,22,26H,3-5,8-14,16H2,1-2H3/t17?,18?,19?,22?,24-,25?/m0/s1. The van der Waals surface area contributed by atoms with Gasteiger partial charge < -0.3 is 14.6 Å². The molecule has 2 unspecified atom stereocenters. The topological polar surface area (TPSA) is 57.2 Å². The molecule has 4 fully saturated rings. The van der Waals surface area contributed by atoms with E-state index in [2.05, 4.69) is 13.0 Å². The molecule has 1 aliphatic heterocycles. The van der Waals surface area contributed by atoms with Gasteiger partial charge in [0.1, 0.15) is 5.75 Å². The molecule has 1 spiro atoms. The zero-order chi connectivity index (χ0) is 20.8. The average Bonchev–Trinajstić information content (AvgIpc) is 3.08. The van der Waals surface area contributed by atoms with Gasteiger partial charge in [-0.1, -0.05) is 25.3 Å². The van der Waals surface area contributed by atoms with Crippen molar-refractivity contribution in [1.82, 2.24) is 0 Å². The second-order valence-corrected chi connectivity index (χ2v) is 10.4. The van der Waals surface area contributed by atoms with E-state index >= 15 is 0 Å². The van der Waals surface area contributed by atoms with Crippen LogP contribution in [0.5, 0.6) is 5.75 Å². The molecule has 5 rings (SSSR count). The first-order valence-electron chi connectivity index (χ1n) is 11.9. The first kappa shape index (κ1) is 20.7. The minimum atomic E-state index is -0.606. The minimum absolute atomic E-state index is 0.303. The van der Waals surface area contributed by atoms with E-state index in [1.807, 2.05) is 6.07 Å². The van der Waals surface area contributed by atoms with E-state index in [0.717, 1.165) is 43.1 Å². The predicted octanol–water partition coefficient (Wildman–Crippen LogP) is 5.80. The number of fused-ring (bicyclic) bond motifs is 2. The van der Waals surface area contributed by atoms with Gasteiger partial charge in [-0.05, 0) is 74.5 Å². The maximum Gasteiger partial charge on any atom is 0.204 e. The number of methoxy groups -OCH3 is 1. The van der Waals surface area contributed by atoms with E-state index < -0.39 is 11.6 Å². The summed E-state index contributed by atoms with van der Waals surface area (Å²) >= 11 is 0. The molecule has 1 aromatic rings. The van der Waals surface area contributed by atoms with Gasteiger partial charge in [-0.25, -0.2) is 0 Å². The van der Waals surface area contributed by atoms with Crippen molar-refractivity contribution < 1.29 is 24.4 Å². The Morgan fingerprint density at radius 2 is 1.77 bits per heavy atom. The van der Waals surface area contributed by atoms with E-state index in [1.165, 1.54) is 44.1 Å². The highest BCUT2D eigenvalue weighted by atomic mass is 17.3. The Balaban J connectivity index is 1.23. The summed E-state index contributed by atoms with van der Waals surface area (Å²) in [4.78, 5) is 11.9. The molecule has 2 bridgehead atoms. The van der Waals surface area contributed by atoms with Crippen molar-refractivity contribution in [1.29, 1.82) is 0 Å². The molecule has 1 saturated heterocycles. The van der Waals surface area contributed by atoms with Gasteiger partial charge in [-0.3, -0.25) is 0 Å².